The van der Waals surface area contributed by atoms with Crippen LogP contribution >= 0.6 is 0 Å². The maximum atomic E-state index is 5.06. The van der Waals surface area contributed by atoms with E-state index in [2.05, 4.69) is 12.8 Å². The van der Waals surface area contributed by atoms with Crippen molar-refractivity contribution in [3.63, 3.8) is 0 Å². The van der Waals surface area contributed by atoms with E-state index in [0.29, 0.717) is 0 Å². The second-order valence-corrected chi connectivity index (χ2v) is 2.57. The Morgan fingerprint density at radius 3 is 2.50 bits per heavy atom. The maximum absolute atomic E-state index is 5.06. The van der Waals surface area contributed by atoms with Crippen LogP contribution in [0, 0.1) is 18.8 Å². The molecule has 0 nitrogen and oxygen atoms in total. The molecule has 0 unspecified atom stereocenters. The molecule has 0 aliphatic carbocycles. The third kappa shape index (κ3) is 7.56. The van der Waals surface area contributed by atoms with Gasteiger partial charge in [0, 0.05) is 6.42 Å². The molecule has 0 rings (SSSR count). The monoisotopic (exact) mass is 137 g/mol. The molecule has 1 radical (unpaired) electrons. The predicted molar refractivity (Wildman–Crippen MR) is 46.5 cm³/mol. The highest BCUT2D eigenvalue weighted by atomic mass is 13.9. The Labute approximate surface area is 65.0 Å². The lowest BCUT2D eigenvalue weighted by atomic mass is 10.1. The van der Waals surface area contributed by atoms with Crippen molar-refractivity contribution in [3.8, 4) is 12.3 Å². The van der Waals surface area contributed by atoms with Crippen LogP contribution in [0.15, 0.2) is 0 Å². The van der Waals surface area contributed by atoms with Gasteiger partial charge < -0.3 is 0 Å². The van der Waals surface area contributed by atoms with Gasteiger partial charge in [-0.2, -0.15) is 0 Å². The second-order valence-electron chi connectivity index (χ2n) is 2.57. The number of hydrogen-bond acceptors (Lipinski definition) is 0. The van der Waals surface area contributed by atoms with E-state index in [1.165, 1.54) is 32.1 Å². The lowest BCUT2D eigenvalue weighted by Gasteiger charge is -1.95. The zero-order valence-corrected chi connectivity index (χ0v) is 6.90. The fourth-order valence-electron chi connectivity index (χ4n) is 0.933. The van der Waals surface area contributed by atoms with E-state index in [-0.39, 0.29) is 0 Å². The summed E-state index contributed by atoms with van der Waals surface area (Å²) in [6, 6.07) is 0. The minimum atomic E-state index is 1.10. The zero-order valence-electron chi connectivity index (χ0n) is 6.90. The predicted octanol–water partition coefficient (Wildman–Crippen LogP) is 3.18. The van der Waals surface area contributed by atoms with Crippen molar-refractivity contribution in [2.75, 3.05) is 0 Å². The van der Waals surface area contributed by atoms with E-state index >= 15 is 0 Å². The first-order chi connectivity index (χ1) is 4.91. The summed E-state index contributed by atoms with van der Waals surface area (Å²) in [5, 5.41) is 0. The van der Waals surface area contributed by atoms with E-state index in [9.17, 15) is 0 Å². The van der Waals surface area contributed by atoms with Crippen LogP contribution in [-0.2, 0) is 0 Å². The fraction of sp³-hybridized carbons (Fsp3) is 0.700. The number of hydrogen-bond donors (Lipinski definition) is 0. The van der Waals surface area contributed by atoms with Crippen molar-refractivity contribution >= 4 is 0 Å². The van der Waals surface area contributed by atoms with E-state index in [1.807, 2.05) is 6.42 Å². The third-order valence-corrected chi connectivity index (χ3v) is 1.57. The van der Waals surface area contributed by atoms with Crippen molar-refractivity contribution in [1.82, 2.24) is 0 Å². The lowest BCUT2D eigenvalue weighted by molar-refractivity contribution is 0.633. The third-order valence-electron chi connectivity index (χ3n) is 1.57. The molecular formula is C10H17. The average molecular weight is 137 g/mol. The molecule has 0 heterocycles. The van der Waals surface area contributed by atoms with Gasteiger partial charge in [0.05, 0.1) is 0 Å². The van der Waals surface area contributed by atoms with Crippen LogP contribution in [0.2, 0.25) is 0 Å². The van der Waals surface area contributed by atoms with Gasteiger partial charge in [-0.1, -0.05) is 39.0 Å². The highest BCUT2D eigenvalue weighted by Gasteiger charge is 1.87. The van der Waals surface area contributed by atoms with Crippen LogP contribution in [0.5, 0.6) is 0 Å². The molecule has 0 spiro atoms. The maximum Gasteiger partial charge on any atom is 0.0337 e. The lowest BCUT2D eigenvalue weighted by Crippen LogP contribution is -1.77. The van der Waals surface area contributed by atoms with E-state index < -0.39 is 0 Å². The summed E-state index contributed by atoms with van der Waals surface area (Å²) in [5.41, 5.74) is 0. The standard InChI is InChI=1S/C10H17/c1-3-5-7-9-10-8-6-4-2/h1,5H,4,6-10H2,2H3. The van der Waals surface area contributed by atoms with E-state index in [0.717, 1.165) is 6.42 Å². The molecule has 10 heavy (non-hydrogen) atoms. The average Bonchev–Trinajstić information content (AvgIpc) is 1.97. The highest BCUT2D eigenvalue weighted by molar-refractivity contribution is 4.99. The Bertz CT molecular complexity index is 86.7. The first-order valence-corrected chi connectivity index (χ1v) is 4.19. The zero-order chi connectivity index (χ0) is 7.66. The Hall–Kier alpha value is -0.440. The van der Waals surface area contributed by atoms with Crippen LogP contribution in [0.3, 0.4) is 0 Å². The largest absolute Gasteiger partial charge is 0.120 e. The Kier molecular flexibility index (Phi) is 8.18. The number of rotatable bonds is 6. The van der Waals surface area contributed by atoms with Gasteiger partial charge in [0.1, 0.15) is 0 Å². The minimum absolute atomic E-state index is 1.10. The summed E-state index contributed by atoms with van der Waals surface area (Å²) < 4.78 is 0. The van der Waals surface area contributed by atoms with E-state index in [4.69, 9.17) is 6.42 Å². The smallest absolute Gasteiger partial charge is 0.0337 e. The van der Waals surface area contributed by atoms with Gasteiger partial charge in [-0.15, -0.1) is 12.3 Å². The molecular weight excluding hydrogens is 120 g/mol. The van der Waals surface area contributed by atoms with Crippen molar-refractivity contribution < 1.29 is 0 Å². The SMILES string of the molecule is C#C[CH]CCCCCCC. The molecule has 0 bridgehead atoms. The van der Waals surface area contributed by atoms with Crippen molar-refractivity contribution in [3.05, 3.63) is 6.42 Å². The van der Waals surface area contributed by atoms with Crippen LogP contribution in [0.25, 0.3) is 0 Å². The summed E-state index contributed by atoms with van der Waals surface area (Å²) in [5.74, 6) is 2.53. The van der Waals surface area contributed by atoms with Gasteiger partial charge in [-0.05, 0) is 6.42 Å². The van der Waals surface area contributed by atoms with Crippen LogP contribution in [0.4, 0.5) is 0 Å². The molecule has 0 aromatic heterocycles. The minimum Gasteiger partial charge on any atom is -0.120 e. The first-order valence-electron chi connectivity index (χ1n) is 4.19. The van der Waals surface area contributed by atoms with Crippen molar-refractivity contribution in [1.29, 1.82) is 0 Å². The van der Waals surface area contributed by atoms with Crippen LogP contribution in [0.1, 0.15) is 45.4 Å². The summed E-state index contributed by atoms with van der Waals surface area (Å²) in [6.07, 6.45) is 14.7. The highest BCUT2D eigenvalue weighted by Crippen LogP contribution is 2.05. The molecule has 0 saturated heterocycles. The Balaban J connectivity index is 2.72. The molecule has 57 valence electrons. The summed E-state index contributed by atoms with van der Waals surface area (Å²) >= 11 is 0. The molecule has 0 aliphatic heterocycles. The molecule has 0 aliphatic rings. The summed E-state index contributed by atoms with van der Waals surface area (Å²) in [4.78, 5) is 0. The van der Waals surface area contributed by atoms with Gasteiger partial charge in [-0.3, -0.25) is 0 Å². The van der Waals surface area contributed by atoms with Gasteiger partial charge >= 0.3 is 0 Å². The molecule has 0 fully saturated rings. The molecule has 0 aromatic rings. The summed E-state index contributed by atoms with van der Waals surface area (Å²) in [6.45, 7) is 2.23. The molecule has 0 atom stereocenters. The molecule has 0 amide bonds. The fourth-order valence-corrected chi connectivity index (χ4v) is 0.933. The number of terminal acetylenes is 1. The van der Waals surface area contributed by atoms with Crippen LogP contribution in [-0.4, -0.2) is 0 Å². The summed E-state index contributed by atoms with van der Waals surface area (Å²) in [7, 11) is 0. The van der Waals surface area contributed by atoms with Gasteiger partial charge in [-0.25, -0.2) is 0 Å². The van der Waals surface area contributed by atoms with Gasteiger partial charge in [0.25, 0.3) is 0 Å². The Morgan fingerprint density at radius 1 is 1.20 bits per heavy atom. The van der Waals surface area contributed by atoms with E-state index in [1.54, 1.807) is 0 Å². The molecule has 0 heteroatoms. The second kappa shape index (κ2) is 8.56. The molecule has 0 N–H and O–H groups in total. The van der Waals surface area contributed by atoms with Gasteiger partial charge in [0.2, 0.25) is 0 Å². The molecule has 0 saturated carbocycles. The topological polar surface area (TPSA) is 0 Å². The van der Waals surface area contributed by atoms with Crippen molar-refractivity contribution in [2.45, 2.75) is 45.4 Å². The van der Waals surface area contributed by atoms with Crippen LogP contribution < -0.4 is 0 Å². The normalized spacial score (nSPS) is 9.20. The van der Waals surface area contributed by atoms with Gasteiger partial charge in [0.15, 0.2) is 0 Å². The quantitative estimate of drug-likeness (QED) is 0.389. The Morgan fingerprint density at radius 2 is 1.90 bits per heavy atom. The first kappa shape index (κ1) is 9.56. The molecule has 0 aromatic carbocycles. The number of unbranched alkanes of at least 4 members (excludes halogenated alkanes) is 6. The van der Waals surface area contributed by atoms with Crippen molar-refractivity contribution in [2.24, 2.45) is 0 Å².